The minimum Gasteiger partial charge on any atom is -0.394 e. The Hall–Kier alpha value is -1.01. The van der Waals surface area contributed by atoms with Gasteiger partial charge in [0.15, 0.2) is 12.6 Å². The smallest absolute Gasteiger partial charge is 0.220 e. The number of hydrogen-bond donors (Lipinski definition) is 9. The largest absolute Gasteiger partial charge is 0.394 e. The second-order valence-corrected chi connectivity index (χ2v) is 31.4. The van der Waals surface area contributed by atoms with E-state index in [1.54, 1.807) is 0 Å². The molecule has 0 aliphatic carbocycles. The Kier molecular flexibility index (Phi) is 66.5. The third-order valence-corrected chi connectivity index (χ3v) is 22.1. The van der Waals surface area contributed by atoms with Gasteiger partial charge in [-0.25, -0.2) is 0 Å². The molecule has 2 saturated heterocycles. The highest BCUT2D eigenvalue weighted by Gasteiger charge is 2.51. The quantitative estimate of drug-likeness (QED) is 0.0259. The van der Waals surface area contributed by atoms with E-state index in [1.807, 2.05) is 0 Å². The summed E-state index contributed by atoms with van der Waals surface area (Å²) in [7, 11) is 0. The molecule has 0 bridgehead atoms. The second kappa shape index (κ2) is 70.0. The molecule has 2 aliphatic rings. The number of nitrogens with one attached hydrogen (secondary N) is 1. The van der Waals surface area contributed by atoms with Gasteiger partial charge in [-0.3, -0.25) is 4.79 Å². The SMILES string of the molecule is CCCCCCCCCCCCCCCCCCCCCCCCCCCCCCCCCCCCCCC(=O)NC(COC1OC(CO)C(OC2OC(CO)C(O)C(O)C2O)C(O)C1O)C(O)CCCCCCCCCCCCCCCCCCCCCCCCCCCCCCC. The van der Waals surface area contributed by atoms with Crippen LogP contribution in [0.5, 0.6) is 0 Å². The second-order valence-electron chi connectivity index (χ2n) is 31.4. The lowest BCUT2D eigenvalue weighted by molar-refractivity contribution is -0.359. The van der Waals surface area contributed by atoms with Gasteiger partial charge in [-0.15, -0.1) is 0 Å². The van der Waals surface area contributed by atoms with E-state index in [0.29, 0.717) is 12.8 Å². The van der Waals surface area contributed by atoms with E-state index in [4.69, 9.17) is 18.9 Å². The maximum atomic E-state index is 13.4. The highest BCUT2D eigenvalue weighted by Crippen LogP contribution is 2.31. The topological polar surface area (TPSA) is 228 Å². The van der Waals surface area contributed by atoms with E-state index in [-0.39, 0.29) is 12.5 Å². The first kappa shape index (κ1) is 94.1. The number of unbranched alkanes of at least 4 members (excludes halogenated alkanes) is 63. The molecule has 0 saturated carbocycles. The number of aliphatic hydroxyl groups excluding tert-OH is 8. The Balaban J connectivity index is 1.56. The molecule has 2 rings (SSSR count). The molecule has 590 valence electrons. The molecule has 0 aromatic rings. The van der Waals surface area contributed by atoms with Gasteiger partial charge in [0.1, 0.15) is 48.8 Å². The zero-order chi connectivity index (χ0) is 71.5. The summed E-state index contributed by atoms with van der Waals surface area (Å²) in [4.78, 5) is 13.4. The van der Waals surface area contributed by atoms with Gasteiger partial charge in [0.2, 0.25) is 5.91 Å². The maximum Gasteiger partial charge on any atom is 0.220 e. The van der Waals surface area contributed by atoms with Crippen molar-refractivity contribution < 1.29 is 64.6 Å². The van der Waals surface area contributed by atoms with Crippen molar-refractivity contribution in [3.8, 4) is 0 Å². The molecule has 2 fully saturated rings. The van der Waals surface area contributed by atoms with Crippen LogP contribution in [0.3, 0.4) is 0 Å². The molecule has 14 nitrogen and oxygen atoms in total. The Morgan fingerprint density at radius 2 is 0.576 bits per heavy atom. The highest BCUT2D eigenvalue weighted by atomic mass is 16.7. The fourth-order valence-corrected chi connectivity index (χ4v) is 15.2. The lowest BCUT2D eigenvalue weighted by Gasteiger charge is -2.46. The van der Waals surface area contributed by atoms with Crippen molar-refractivity contribution in [1.29, 1.82) is 0 Å². The Bertz CT molecular complexity index is 1660. The number of carbonyl (C=O) groups is 1. The van der Waals surface area contributed by atoms with Gasteiger partial charge >= 0.3 is 0 Å². The zero-order valence-corrected chi connectivity index (χ0v) is 65.0. The summed E-state index contributed by atoms with van der Waals surface area (Å²) in [6.07, 6.45) is 71.8. The number of hydrogen-bond acceptors (Lipinski definition) is 13. The molecule has 1 amide bonds. The van der Waals surface area contributed by atoms with Crippen molar-refractivity contribution in [2.24, 2.45) is 0 Å². The molecule has 2 aliphatic heterocycles. The minimum absolute atomic E-state index is 0.194. The van der Waals surface area contributed by atoms with Crippen LogP contribution in [0, 0.1) is 0 Å². The van der Waals surface area contributed by atoms with E-state index in [2.05, 4.69) is 19.2 Å². The van der Waals surface area contributed by atoms with E-state index in [0.717, 1.165) is 51.4 Å². The van der Waals surface area contributed by atoms with Crippen LogP contribution in [0.4, 0.5) is 0 Å². The minimum atomic E-state index is -1.78. The van der Waals surface area contributed by atoms with Crippen LogP contribution >= 0.6 is 0 Å². The first-order valence-corrected chi connectivity index (χ1v) is 43.8. The molecule has 12 unspecified atom stereocenters. The van der Waals surface area contributed by atoms with Crippen molar-refractivity contribution in [1.82, 2.24) is 5.32 Å². The summed E-state index contributed by atoms with van der Waals surface area (Å²) < 4.78 is 23.0. The number of amides is 1. The van der Waals surface area contributed by atoms with Crippen LogP contribution in [0.1, 0.15) is 444 Å². The lowest BCUT2D eigenvalue weighted by Crippen LogP contribution is -2.65. The van der Waals surface area contributed by atoms with Gasteiger partial charge in [-0.05, 0) is 12.8 Å². The van der Waals surface area contributed by atoms with E-state index < -0.39 is 86.8 Å². The van der Waals surface area contributed by atoms with Crippen molar-refractivity contribution >= 4 is 5.91 Å². The third-order valence-electron chi connectivity index (χ3n) is 22.1. The predicted octanol–water partition coefficient (Wildman–Crippen LogP) is 20.6. The van der Waals surface area contributed by atoms with Gasteiger partial charge in [-0.1, -0.05) is 425 Å². The van der Waals surface area contributed by atoms with E-state index in [9.17, 15) is 45.6 Å². The number of aliphatic hydroxyl groups is 8. The first-order chi connectivity index (χ1) is 48.6. The summed E-state index contributed by atoms with van der Waals surface area (Å²) in [5.74, 6) is -0.194. The molecule has 12 atom stereocenters. The maximum absolute atomic E-state index is 13.4. The summed E-state index contributed by atoms with van der Waals surface area (Å²) >= 11 is 0. The molecular formula is C85H167NO13. The highest BCUT2D eigenvalue weighted by molar-refractivity contribution is 5.76. The average Bonchev–Trinajstić information content (AvgIpc) is 0.793. The summed E-state index contributed by atoms with van der Waals surface area (Å²) in [5, 5.41) is 88.0. The Morgan fingerprint density at radius 1 is 0.323 bits per heavy atom. The van der Waals surface area contributed by atoms with Crippen molar-refractivity contribution in [3.63, 3.8) is 0 Å². The summed E-state index contributed by atoms with van der Waals surface area (Å²) in [6, 6.07) is -0.826. The van der Waals surface area contributed by atoms with E-state index in [1.165, 1.54) is 366 Å². The average molecular weight is 1410 g/mol. The summed E-state index contributed by atoms with van der Waals surface area (Å²) in [5.41, 5.74) is 0. The van der Waals surface area contributed by atoms with Crippen LogP contribution in [0.15, 0.2) is 0 Å². The van der Waals surface area contributed by atoms with Gasteiger partial charge in [0.25, 0.3) is 0 Å². The zero-order valence-electron chi connectivity index (χ0n) is 65.0. The summed E-state index contributed by atoms with van der Waals surface area (Å²) in [6.45, 7) is 2.96. The van der Waals surface area contributed by atoms with Gasteiger partial charge in [0, 0.05) is 6.42 Å². The number of rotatable bonds is 76. The normalized spacial score (nSPS) is 21.8. The van der Waals surface area contributed by atoms with Crippen molar-refractivity contribution in [2.45, 2.75) is 518 Å². The molecule has 99 heavy (non-hydrogen) atoms. The van der Waals surface area contributed by atoms with Gasteiger partial charge in [-0.2, -0.15) is 0 Å². The molecular weight excluding hydrogens is 1240 g/mol. The van der Waals surface area contributed by atoms with Gasteiger partial charge in [0.05, 0.1) is 32.0 Å². The molecule has 0 radical (unpaired) electrons. The molecule has 0 aromatic heterocycles. The van der Waals surface area contributed by atoms with Crippen LogP contribution in [-0.2, 0) is 23.7 Å². The molecule has 2 heterocycles. The fraction of sp³-hybridized carbons (Fsp3) is 0.988. The predicted molar refractivity (Wildman–Crippen MR) is 411 cm³/mol. The van der Waals surface area contributed by atoms with E-state index >= 15 is 0 Å². The van der Waals surface area contributed by atoms with Crippen LogP contribution < -0.4 is 5.32 Å². The molecule has 14 heteroatoms. The molecule has 9 N–H and O–H groups in total. The lowest BCUT2D eigenvalue weighted by atomic mass is 9.97. The van der Waals surface area contributed by atoms with Crippen LogP contribution in [-0.4, -0.2) is 140 Å². The van der Waals surface area contributed by atoms with Crippen molar-refractivity contribution in [3.05, 3.63) is 0 Å². The third kappa shape index (κ3) is 52.6. The number of carbonyl (C=O) groups excluding carboxylic acids is 1. The van der Waals surface area contributed by atoms with Gasteiger partial charge < -0.3 is 65.1 Å². The molecule has 0 spiro atoms. The Morgan fingerprint density at radius 3 is 0.859 bits per heavy atom. The first-order valence-electron chi connectivity index (χ1n) is 43.8. The Labute approximate surface area is 610 Å². The molecule has 0 aromatic carbocycles. The van der Waals surface area contributed by atoms with Crippen LogP contribution in [0.2, 0.25) is 0 Å². The van der Waals surface area contributed by atoms with Crippen LogP contribution in [0.25, 0.3) is 0 Å². The number of ether oxygens (including phenoxy) is 4. The monoisotopic (exact) mass is 1410 g/mol. The standard InChI is InChI=1S/C85H167NO13/c1-3-5-7-9-11-13-15-17-19-21-23-25-27-29-31-33-34-35-36-37-38-39-41-43-45-47-49-51-53-55-57-59-61-63-65-67-69-77(90)86-73(72-96-84-82(95)80(93)83(76(71-88)98-84)99-85-81(94)79(92)78(91)75(70-87)97-85)74(89)68-66-64-62-60-58-56-54-52-50-48-46-44-42-40-32-30-28-26-24-22-20-18-16-14-12-10-8-6-4-2/h73-76,78-85,87-89,91-95H,3-72H2,1-2H3,(H,86,90). The van der Waals surface area contributed by atoms with Crippen molar-refractivity contribution in [2.75, 3.05) is 19.8 Å². The fourth-order valence-electron chi connectivity index (χ4n) is 15.2.